The van der Waals surface area contributed by atoms with Crippen LogP contribution < -0.4 is 10.6 Å². The van der Waals surface area contributed by atoms with Crippen molar-refractivity contribution in [1.82, 2.24) is 15.5 Å². The zero-order valence-corrected chi connectivity index (χ0v) is 20.9. The summed E-state index contributed by atoms with van der Waals surface area (Å²) in [7, 11) is 0. The summed E-state index contributed by atoms with van der Waals surface area (Å²) in [6, 6.07) is 13.6. The second kappa shape index (κ2) is 13.1. The first-order valence-corrected chi connectivity index (χ1v) is 11.5. The van der Waals surface area contributed by atoms with Crippen molar-refractivity contribution in [3.63, 3.8) is 0 Å². The highest BCUT2D eigenvalue weighted by molar-refractivity contribution is 5.92. The number of aliphatic hydroxyl groups excluding tert-OH is 1. The molecule has 2 atom stereocenters. The number of alkyl carbamates (subject to hydrolysis) is 1. The molecule has 0 saturated heterocycles. The minimum atomic E-state index is -1.36. The van der Waals surface area contributed by atoms with Gasteiger partial charge in [0.25, 0.3) is 0 Å². The van der Waals surface area contributed by atoms with Crippen molar-refractivity contribution in [1.29, 1.82) is 0 Å². The van der Waals surface area contributed by atoms with Gasteiger partial charge < -0.3 is 25.4 Å². The smallest absolute Gasteiger partial charge is 0.408 e. The topological polar surface area (TPSA) is 108 Å². The number of carbonyl (C=O) groups excluding carboxylic acids is 3. The zero-order valence-electron chi connectivity index (χ0n) is 20.9. The van der Waals surface area contributed by atoms with Crippen molar-refractivity contribution in [2.45, 2.75) is 45.0 Å². The molecule has 3 amide bonds. The number of rotatable bonds is 10. The number of terminal acetylenes is 1. The maximum atomic E-state index is 13.6. The van der Waals surface area contributed by atoms with Gasteiger partial charge in [-0.1, -0.05) is 60.5 Å². The van der Waals surface area contributed by atoms with Gasteiger partial charge in [-0.15, -0.1) is 13.0 Å². The van der Waals surface area contributed by atoms with Gasteiger partial charge in [0.1, 0.15) is 17.7 Å². The molecule has 2 rings (SSSR count). The van der Waals surface area contributed by atoms with Crippen molar-refractivity contribution in [2.75, 3.05) is 13.2 Å². The molecule has 8 nitrogen and oxygen atoms in total. The highest BCUT2D eigenvalue weighted by atomic mass is 16.6. The minimum Gasteiger partial charge on any atom is -0.444 e. The molecule has 36 heavy (non-hydrogen) atoms. The van der Waals surface area contributed by atoms with Crippen molar-refractivity contribution in [3.8, 4) is 12.3 Å². The summed E-state index contributed by atoms with van der Waals surface area (Å²) in [5, 5.41) is 15.2. The summed E-state index contributed by atoms with van der Waals surface area (Å²) in [4.78, 5) is 40.6. The van der Waals surface area contributed by atoms with Crippen LogP contribution in [0.3, 0.4) is 0 Å². The number of aliphatic hydroxyl groups is 1. The van der Waals surface area contributed by atoms with Gasteiger partial charge in [-0.3, -0.25) is 9.59 Å². The second-order valence-electron chi connectivity index (χ2n) is 9.00. The number of amides is 3. The third kappa shape index (κ3) is 8.00. The van der Waals surface area contributed by atoms with Crippen LogP contribution in [0.4, 0.5) is 4.79 Å². The molecule has 0 spiro atoms. The first kappa shape index (κ1) is 28.1. The lowest BCUT2D eigenvalue weighted by Crippen LogP contribution is -2.54. The van der Waals surface area contributed by atoms with Crippen molar-refractivity contribution < 1.29 is 24.2 Å². The maximum Gasteiger partial charge on any atom is 0.408 e. The van der Waals surface area contributed by atoms with Gasteiger partial charge in [0.2, 0.25) is 11.8 Å². The fourth-order valence-corrected chi connectivity index (χ4v) is 3.50. The van der Waals surface area contributed by atoms with Gasteiger partial charge in [0.05, 0.1) is 6.61 Å². The highest BCUT2D eigenvalue weighted by Gasteiger charge is 2.36. The van der Waals surface area contributed by atoms with E-state index in [4.69, 9.17) is 11.2 Å². The summed E-state index contributed by atoms with van der Waals surface area (Å²) in [6.45, 7) is 8.21. The molecule has 0 fully saturated rings. The van der Waals surface area contributed by atoms with Crippen LogP contribution >= 0.6 is 0 Å². The van der Waals surface area contributed by atoms with E-state index >= 15 is 0 Å². The summed E-state index contributed by atoms with van der Waals surface area (Å²) >= 11 is 0. The molecule has 0 bridgehead atoms. The SMILES string of the molecule is C#Cc1ccccc1C(C(=O)NCc1ccccc1)N(CC=C)C(=O)C(CO)NC(=O)OC(C)(C)C. The largest absolute Gasteiger partial charge is 0.444 e. The summed E-state index contributed by atoms with van der Waals surface area (Å²) in [6.07, 6.45) is 6.28. The molecule has 8 heteroatoms. The molecule has 0 aliphatic carbocycles. The van der Waals surface area contributed by atoms with Crippen molar-refractivity contribution >= 4 is 17.9 Å². The Morgan fingerprint density at radius 1 is 1.14 bits per heavy atom. The highest BCUT2D eigenvalue weighted by Crippen LogP contribution is 2.26. The van der Waals surface area contributed by atoms with Gasteiger partial charge in [0, 0.05) is 18.7 Å². The first-order valence-electron chi connectivity index (χ1n) is 11.5. The molecule has 2 aromatic carbocycles. The van der Waals surface area contributed by atoms with E-state index in [-0.39, 0.29) is 13.1 Å². The molecule has 0 aliphatic rings. The van der Waals surface area contributed by atoms with Crippen molar-refractivity contribution in [2.24, 2.45) is 0 Å². The molecule has 2 aromatic rings. The average Bonchev–Trinajstić information content (AvgIpc) is 2.85. The normalized spacial score (nSPS) is 12.4. The molecule has 0 heterocycles. The van der Waals surface area contributed by atoms with Crippen LogP contribution in [0, 0.1) is 12.3 Å². The number of benzene rings is 2. The summed E-state index contributed by atoms with van der Waals surface area (Å²) in [5.41, 5.74) is 0.922. The Kier molecular flexibility index (Phi) is 10.3. The van der Waals surface area contributed by atoms with E-state index in [2.05, 4.69) is 23.1 Å². The predicted molar refractivity (Wildman–Crippen MR) is 138 cm³/mol. The number of nitrogens with one attached hydrogen (secondary N) is 2. The third-order valence-electron chi connectivity index (χ3n) is 5.06. The Balaban J connectivity index is 2.43. The minimum absolute atomic E-state index is 0.0480. The van der Waals surface area contributed by atoms with Crippen LogP contribution in [0.25, 0.3) is 0 Å². The molecule has 3 N–H and O–H groups in total. The van der Waals surface area contributed by atoms with E-state index < -0.39 is 42.2 Å². The van der Waals surface area contributed by atoms with E-state index in [1.807, 2.05) is 30.3 Å². The Morgan fingerprint density at radius 3 is 2.36 bits per heavy atom. The monoisotopic (exact) mass is 491 g/mol. The number of carbonyl (C=O) groups is 3. The van der Waals surface area contributed by atoms with E-state index in [0.29, 0.717) is 11.1 Å². The Labute approximate surface area is 212 Å². The zero-order chi connectivity index (χ0) is 26.7. The van der Waals surface area contributed by atoms with Gasteiger partial charge in [-0.05, 0) is 38.0 Å². The molecule has 0 saturated carbocycles. The number of hydrogen-bond donors (Lipinski definition) is 3. The molecule has 190 valence electrons. The number of ether oxygens (including phenoxy) is 1. The molecule has 2 unspecified atom stereocenters. The average molecular weight is 492 g/mol. The van der Waals surface area contributed by atoms with E-state index in [0.717, 1.165) is 5.56 Å². The lowest BCUT2D eigenvalue weighted by Gasteiger charge is -2.33. The number of nitrogens with zero attached hydrogens (tertiary/aromatic N) is 1. The molecule has 0 aliphatic heterocycles. The van der Waals surface area contributed by atoms with E-state index in [1.54, 1.807) is 45.0 Å². The lowest BCUT2D eigenvalue weighted by molar-refractivity contribution is -0.142. The Hall–Kier alpha value is -4.09. The standard InChI is InChI=1S/C28H33N3O5/c1-6-17-31(26(34)23(19-32)30-27(35)36-28(3,4)5)24(22-16-12-11-15-21(22)7-2)25(33)29-18-20-13-9-8-10-14-20/h2,6,8-16,23-24,32H,1,17-19H2,3-5H3,(H,29,33)(H,30,35). The quantitative estimate of drug-likeness (QED) is 0.350. The van der Waals surface area contributed by atoms with Gasteiger partial charge in [-0.25, -0.2) is 4.79 Å². The maximum absolute atomic E-state index is 13.6. The van der Waals surface area contributed by atoms with E-state index in [9.17, 15) is 19.5 Å². The summed E-state index contributed by atoms with van der Waals surface area (Å²) in [5.74, 6) is 1.38. The third-order valence-corrected chi connectivity index (χ3v) is 5.06. The van der Waals surface area contributed by atoms with E-state index in [1.165, 1.54) is 11.0 Å². The lowest BCUT2D eigenvalue weighted by atomic mass is 9.97. The first-order chi connectivity index (χ1) is 17.1. The molecule has 0 aromatic heterocycles. The van der Waals surface area contributed by atoms with Gasteiger partial charge >= 0.3 is 6.09 Å². The van der Waals surface area contributed by atoms with Crippen molar-refractivity contribution in [3.05, 3.63) is 83.9 Å². The van der Waals surface area contributed by atoms with Gasteiger partial charge in [0.15, 0.2) is 0 Å². The Bertz CT molecular complexity index is 1100. The number of hydrogen-bond acceptors (Lipinski definition) is 5. The predicted octanol–water partition coefficient (Wildman–Crippen LogP) is 2.93. The van der Waals surface area contributed by atoms with Crippen LogP contribution in [0.5, 0.6) is 0 Å². The fraction of sp³-hybridized carbons (Fsp3) is 0.321. The molecular formula is C28H33N3O5. The Morgan fingerprint density at radius 2 is 1.78 bits per heavy atom. The van der Waals surface area contributed by atoms with Crippen LogP contribution in [-0.2, 0) is 20.9 Å². The molecule has 0 radical (unpaired) electrons. The van der Waals surface area contributed by atoms with Crippen LogP contribution in [0.2, 0.25) is 0 Å². The molecular weight excluding hydrogens is 458 g/mol. The summed E-state index contributed by atoms with van der Waals surface area (Å²) < 4.78 is 5.22. The van der Waals surface area contributed by atoms with Crippen LogP contribution in [0.15, 0.2) is 67.3 Å². The van der Waals surface area contributed by atoms with Crippen LogP contribution in [-0.4, -0.2) is 52.7 Å². The fourth-order valence-electron chi connectivity index (χ4n) is 3.50. The van der Waals surface area contributed by atoms with Crippen LogP contribution in [0.1, 0.15) is 43.5 Å². The second-order valence-corrected chi connectivity index (χ2v) is 9.00. The van der Waals surface area contributed by atoms with Gasteiger partial charge in [-0.2, -0.15) is 0 Å².